The van der Waals surface area contributed by atoms with Gasteiger partial charge in [-0.05, 0) is 29.8 Å². The second-order valence-corrected chi connectivity index (χ2v) is 11.4. The molecular weight excluding hydrogens is 615 g/mol. The Bertz CT molecular complexity index is 1740. The third-order valence-electron chi connectivity index (χ3n) is 8.05. The molecule has 0 bridgehead atoms. The first-order valence-electron chi connectivity index (χ1n) is 14.1. The SMILES string of the molecule is COc1nccc(-c2cc(CN3CCC(F)(F)CC3)c3c(N)ncnn23)c1C(=O)N[C@@H]1CN(C(=O)c2ccc(Cl)cn2)C[C@@H]1F. The first kappa shape index (κ1) is 30.5. The molecule has 16 heteroatoms. The molecule has 0 radical (unpaired) electrons. The predicted octanol–water partition coefficient (Wildman–Crippen LogP) is 3.25. The van der Waals surface area contributed by atoms with E-state index in [0.29, 0.717) is 33.9 Å². The Labute approximate surface area is 260 Å². The standard InChI is InChI=1S/C29H29ClF3N9O3/c1-45-27-23(26(43)39-21-14-41(13-19(21)31)28(44)20-3-2-17(30)11-36-20)18(4-7-35-27)22-10-16(24-25(34)37-15-38-42(22)24)12-40-8-5-29(32,33)6-9-40/h2-4,7,10-11,15,19,21H,5-6,8-9,12-14H2,1H3,(H,39,43)(H2,34,37,38)/t19-,21+/m0/s1. The fourth-order valence-electron chi connectivity index (χ4n) is 5.74. The van der Waals surface area contributed by atoms with Crippen LogP contribution < -0.4 is 15.8 Å². The highest BCUT2D eigenvalue weighted by Crippen LogP contribution is 2.35. The van der Waals surface area contributed by atoms with Crippen molar-refractivity contribution in [3.8, 4) is 17.1 Å². The third-order valence-corrected chi connectivity index (χ3v) is 8.28. The molecule has 0 unspecified atom stereocenters. The number of amides is 2. The number of ether oxygens (including phenoxy) is 1. The second-order valence-electron chi connectivity index (χ2n) is 11.0. The minimum absolute atomic E-state index is 0.0112. The van der Waals surface area contributed by atoms with Crippen LogP contribution in [0.1, 0.15) is 39.3 Å². The van der Waals surface area contributed by atoms with Crippen molar-refractivity contribution >= 4 is 34.7 Å². The molecule has 2 amide bonds. The van der Waals surface area contributed by atoms with E-state index in [1.165, 1.54) is 47.4 Å². The number of fused-ring (bicyclic) bond motifs is 1. The number of nitrogens with two attached hydrogens (primary N) is 1. The molecule has 2 aliphatic rings. The second kappa shape index (κ2) is 12.1. The minimum atomic E-state index is -2.70. The summed E-state index contributed by atoms with van der Waals surface area (Å²) in [6.45, 7) is 0.368. The molecule has 6 rings (SSSR count). The van der Waals surface area contributed by atoms with Crippen LogP contribution in [-0.4, -0.2) is 97.6 Å². The molecule has 6 heterocycles. The van der Waals surface area contributed by atoms with Gasteiger partial charge in [0.15, 0.2) is 5.82 Å². The van der Waals surface area contributed by atoms with Crippen molar-refractivity contribution in [1.29, 1.82) is 0 Å². The van der Waals surface area contributed by atoms with E-state index in [1.54, 1.807) is 12.1 Å². The van der Waals surface area contributed by atoms with Crippen molar-refractivity contribution in [2.45, 2.75) is 37.5 Å². The van der Waals surface area contributed by atoms with Crippen LogP contribution in [0.4, 0.5) is 19.0 Å². The van der Waals surface area contributed by atoms with Gasteiger partial charge in [0.2, 0.25) is 5.88 Å². The van der Waals surface area contributed by atoms with E-state index < -0.39 is 30.0 Å². The number of hydrogen-bond donors (Lipinski definition) is 2. The molecule has 4 aromatic heterocycles. The van der Waals surface area contributed by atoms with Crippen molar-refractivity contribution in [3.05, 3.63) is 64.8 Å². The van der Waals surface area contributed by atoms with Crippen molar-refractivity contribution < 1.29 is 27.5 Å². The van der Waals surface area contributed by atoms with E-state index in [0.717, 1.165) is 0 Å². The summed E-state index contributed by atoms with van der Waals surface area (Å²) in [7, 11) is 1.35. The van der Waals surface area contributed by atoms with Gasteiger partial charge in [0.1, 0.15) is 29.3 Å². The Morgan fingerprint density at radius 2 is 1.93 bits per heavy atom. The average molecular weight is 644 g/mol. The van der Waals surface area contributed by atoms with Gasteiger partial charge in [0.25, 0.3) is 17.7 Å². The van der Waals surface area contributed by atoms with Gasteiger partial charge in [-0.2, -0.15) is 5.10 Å². The fourth-order valence-corrected chi connectivity index (χ4v) is 5.85. The smallest absolute Gasteiger partial charge is 0.272 e. The fraction of sp³-hybridized carbons (Fsp3) is 0.379. The first-order chi connectivity index (χ1) is 21.5. The number of nitrogens with one attached hydrogen (secondary N) is 1. The minimum Gasteiger partial charge on any atom is -0.480 e. The van der Waals surface area contributed by atoms with Crippen molar-refractivity contribution in [2.24, 2.45) is 0 Å². The largest absolute Gasteiger partial charge is 0.480 e. The molecule has 2 aliphatic heterocycles. The molecule has 0 spiro atoms. The van der Waals surface area contributed by atoms with Crippen LogP contribution in [0.15, 0.2) is 43.0 Å². The Morgan fingerprint density at radius 1 is 1.16 bits per heavy atom. The van der Waals surface area contributed by atoms with Gasteiger partial charge in [-0.3, -0.25) is 14.5 Å². The van der Waals surface area contributed by atoms with Crippen LogP contribution in [0.25, 0.3) is 16.8 Å². The van der Waals surface area contributed by atoms with Crippen molar-refractivity contribution in [2.75, 3.05) is 39.0 Å². The number of rotatable bonds is 7. The Morgan fingerprint density at radius 3 is 2.64 bits per heavy atom. The molecule has 2 atom stereocenters. The van der Waals surface area contributed by atoms with Gasteiger partial charge in [0, 0.05) is 57.0 Å². The summed E-state index contributed by atoms with van der Waals surface area (Å²) in [6.07, 6.45) is 1.99. The summed E-state index contributed by atoms with van der Waals surface area (Å²) >= 11 is 5.86. The van der Waals surface area contributed by atoms with Gasteiger partial charge in [-0.25, -0.2) is 32.6 Å². The van der Waals surface area contributed by atoms with Crippen LogP contribution in [0, 0.1) is 0 Å². The van der Waals surface area contributed by atoms with Gasteiger partial charge in [0.05, 0.1) is 30.4 Å². The number of halogens is 4. The summed E-state index contributed by atoms with van der Waals surface area (Å²) in [5.74, 6) is -3.72. The van der Waals surface area contributed by atoms with Crippen molar-refractivity contribution in [3.63, 3.8) is 0 Å². The molecule has 3 N–H and O–H groups in total. The summed E-state index contributed by atoms with van der Waals surface area (Å²) in [6, 6.07) is 5.30. The average Bonchev–Trinajstić information content (AvgIpc) is 3.58. The quantitative estimate of drug-likeness (QED) is 0.310. The number of methoxy groups -OCH3 is 1. The maximum Gasteiger partial charge on any atom is 0.272 e. The van der Waals surface area contributed by atoms with Gasteiger partial charge >= 0.3 is 0 Å². The summed E-state index contributed by atoms with van der Waals surface area (Å²) in [5.41, 5.74) is 8.31. The molecule has 0 aromatic carbocycles. The van der Waals surface area contributed by atoms with E-state index in [9.17, 15) is 18.4 Å². The van der Waals surface area contributed by atoms with Crippen LogP contribution >= 0.6 is 11.6 Å². The number of likely N-dealkylation sites (tertiary alicyclic amines) is 2. The Balaban J connectivity index is 1.30. The number of alkyl halides is 3. The van der Waals surface area contributed by atoms with Crippen LogP contribution in [0.5, 0.6) is 5.88 Å². The summed E-state index contributed by atoms with van der Waals surface area (Å²) in [4.78, 5) is 42.2. The Kier molecular flexibility index (Phi) is 8.22. The lowest BCUT2D eigenvalue weighted by Crippen LogP contribution is -2.42. The van der Waals surface area contributed by atoms with Gasteiger partial charge in [-0.1, -0.05) is 11.6 Å². The number of hydrogen-bond acceptors (Lipinski definition) is 9. The number of pyridine rings is 2. The Hall–Kier alpha value is -4.50. The van der Waals surface area contributed by atoms with Gasteiger partial charge in [-0.15, -0.1) is 0 Å². The number of carbonyl (C=O) groups excluding carboxylic acids is 2. The predicted molar refractivity (Wildman–Crippen MR) is 158 cm³/mol. The lowest BCUT2D eigenvalue weighted by molar-refractivity contribution is -0.0565. The third kappa shape index (κ3) is 6.09. The molecule has 0 saturated carbocycles. The molecule has 0 aliphatic carbocycles. The lowest BCUT2D eigenvalue weighted by Gasteiger charge is -2.31. The van der Waals surface area contributed by atoms with Gasteiger partial charge < -0.3 is 20.7 Å². The zero-order chi connectivity index (χ0) is 31.9. The molecule has 2 fully saturated rings. The van der Waals surface area contributed by atoms with Crippen LogP contribution in [0.3, 0.4) is 0 Å². The molecule has 45 heavy (non-hydrogen) atoms. The van der Waals surface area contributed by atoms with E-state index in [-0.39, 0.29) is 62.0 Å². The highest BCUT2D eigenvalue weighted by atomic mass is 35.5. The molecule has 236 valence electrons. The highest BCUT2D eigenvalue weighted by Gasteiger charge is 2.38. The monoisotopic (exact) mass is 643 g/mol. The number of anilines is 1. The number of nitrogen functional groups attached to an aromatic ring is 1. The lowest BCUT2D eigenvalue weighted by atomic mass is 10.0. The zero-order valence-corrected chi connectivity index (χ0v) is 24.8. The highest BCUT2D eigenvalue weighted by molar-refractivity contribution is 6.30. The van der Waals surface area contributed by atoms with Crippen LogP contribution in [0.2, 0.25) is 5.02 Å². The molecule has 4 aromatic rings. The summed E-state index contributed by atoms with van der Waals surface area (Å²) < 4.78 is 49.8. The number of aromatic nitrogens is 5. The first-order valence-corrected chi connectivity index (χ1v) is 14.5. The van der Waals surface area contributed by atoms with Crippen LogP contribution in [-0.2, 0) is 6.54 Å². The molecular formula is C29H29ClF3N9O3. The normalized spacial score (nSPS) is 20.0. The maximum atomic E-state index is 15.2. The van der Waals surface area contributed by atoms with Crippen molar-refractivity contribution in [1.82, 2.24) is 39.7 Å². The zero-order valence-electron chi connectivity index (χ0n) is 24.1. The van der Waals surface area contributed by atoms with E-state index >= 15 is 4.39 Å². The maximum absolute atomic E-state index is 15.2. The van der Waals surface area contributed by atoms with E-state index in [2.05, 4.69) is 25.4 Å². The van der Waals surface area contributed by atoms with E-state index in [4.69, 9.17) is 22.1 Å². The number of piperidine rings is 1. The topological polar surface area (TPSA) is 144 Å². The summed E-state index contributed by atoms with van der Waals surface area (Å²) in [5, 5.41) is 7.42. The molecule has 12 nitrogen and oxygen atoms in total. The number of nitrogens with zero attached hydrogens (tertiary/aromatic N) is 7. The molecule has 2 saturated heterocycles. The number of carbonyl (C=O) groups is 2. The van der Waals surface area contributed by atoms with E-state index in [1.807, 2.05) is 4.90 Å².